The summed E-state index contributed by atoms with van der Waals surface area (Å²) in [6.07, 6.45) is 1.42. The first-order valence-corrected chi connectivity index (χ1v) is 6.99. The average molecular weight is 296 g/mol. The Morgan fingerprint density at radius 3 is 2.38 bits per heavy atom. The molecule has 4 nitrogen and oxygen atoms in total. The van der Waals surface area contributed by atoms with Gasteiger partial charge in [-0.2, -0.15) is 0 Å². The van der Waals surface area contributed by atoms with Gasteiger partial charge in [-0.1, -0.05) is 13.0 Å². The summed E-state index contributed by atoms with van der Waals surface area (Å²) >= 11 is 0. The molecular weight excluding hydrogens is 278 g/mol. The third kappa shape index (κ3) is 4.00. The fourth-order valence-corrected chi connectivity index (χ4v) is 2.31. The number of carbonyl (C=O) groups is 2. The summed E-state index contributed by atoms with van der Waals surface area (Å²) in [4.78, 5) is 25.3. The molecule has 1 fully saturated rings. The summed E-state index contributed by atoms with van der Waals surface area (Å²) in [5.74, 6) is -2.15. The van der Waals surface area contributed by atoms with Gasteiger partial charge in [-0.15, -0.1) is 0 Å². The molecule has 1 aliphatic rings. The van der Waals surface area contributed by atoms with E-state index in [0.717, 1.165) is 25.0 Å². The monoisotopic (exact) mass is 296 g/mol. The van der Waals surface area contributed by atoms with Crippen molar-refractivity contribution < 1.29 is 18.4 Å². The van der Waals surface area contributed by atoms with Crippen molar-refractivity contribution in [2.24, 2.45) is 5.92 Å². The second-order valence-corrected chi connectivity index (χ2v) is 5.38. The Morgan fingerprint density at radius 2 is 1.81 bits per heavy atom. The summed E-state index contributed by atoms with van der Waals surface area (Å²) in [5, 5.41) is 2.12. The van der Waals surface area contributed by atoms with E-state index in [1.807, 2.05) is 0 Å². The normalized spacial score (nSPS) is 15.9. The van der Waals surface area contributed by atoms with Crippen molar-refractivity contribution in [2.75, 3.05) is 18.4 Å². The van der Waals surface area contributed by atoms with E-state index in [9.17, 15) is 18.4 Å². The minimum absolute atomic E-state index is 0.309. The van der Waals surface area contributed by atoms with Gasteiger partial charge in [-0.05, 0) is 30.9 Å². The lowest BCUT2D eigenvalue weighted by Crippen LogP contribution is -2.39. The molecule has 1 aliphatic heterocycles. The van der Waals surface area contributed by atoms with Crippen molar-refractivity contribution >= 4 is 17.5 Å². The molecule has 1 heterocycles. The van der Waals surface area contributed by atoms with E-state index >= 15 is 0 Å². The van der Waals surface area contributed by atoms with Gasteiger partial charge in [0.05, 0.1) is 0 Å². The first-order chi connectivity index (χ1) is 9.97. The number of nitrogens with one attached hydrogen (secondary N) is 1. The second kappa shape index (κ2) is 6.65. The molecule has 2 amide bonds. The number of hydrogen-bond acceptors (Lipinski definition) is 2. The average Bonchev–Trinajstić information content (AvgIpc) is 2.43. The van der Waals surface area contributed by atoms with Crippen molar-refractivity contribution in [1.82, 2.24) is 4.90 Å². The molecule has 0 bridgehead atoms. The smallest absolute Gasteiger partial charge is 0.233 e. The van der Waals surface area contributed by atoms with Crippen LogP contribution in [-0.2, 0) is 9.59 Å². The third-order valence-electron chi connectivity index (χ3n) is 3.68. The van der Waals surface area contributed by atoms with E-state index < -0.39 is 29.6 Å². The maximum absolute atomic E-state index is 13.4. The van der Waals surface area contributed by atoms with Gasteiger partial charge in [0.1, 0.15) is 23.7 Å². The van der Waals surface area contributed by atoms with Crippen LogP contribution in [0.4, 0.5) is 14.5 Å². The molecule has 21 heavy (non-hydrogen) atoms. The van der Waals surface area contributed by atoms with Gasteiger partial charge in [0, 0.05) is 13.1 Å². The fraction of sp³-hybridized carbons (Fsp3) is 0.467. The number of nitrogens with zero attached hydrogens (tertiary/aromatic N) is 1. The molecular formula is C15H18F2N2O2. The van der Waals surface area contributed by atoms with Gasteiger partial charge in [-0.25, -0.2) is 8.78 Å². The molecule has 0 aliphatic carbocycles. The van der Waals surface area contributed by atoms with Crippen LogP contribution in [0.25, 0.3) is 0 Å². The van der Waals surface area contributed by atoms with Crippen LogP contribution in [0.15, 0.2) is 18.2 Å². The number of para-hydroxylation sites is 1. The molecule has 6 heteroatoms. The first-order valence-electron chi connectivity index (χ1n) is 6.99. The minimum atomic E-state index is -0.859. The zero-order chi connectivity index (χ0) is 15.4. The third-order valence-corrected chi connectivity index (χ3v) is 3.68. The highest BCUT2D eigenvalue weighted by molar-refractivity contribution is 6.03. The molecule has 0 saturated carbocycles. The van der Waals surface area contributed by atoms with E-state index in [4.69, 9.17) is 0 Å². The van der Waals surface area contributed by atoms with Crippen LogP contribution in [0, 0.1) is 17.6 Å². The molecule has 0 atom stereocenters. The number of halogens is 2. The zero-order valence-electron chi connectivity index (χ0n) is 11.9. The van der Waals surface area contributed by atoms with Gasteiger partial charge in [0.2, 0.25) is 11.8 Å². The van der Waals surface area contributed by atoms with Gasteiger partial charge < -0.3 is 10.2 Å². The van der Waals surface area contributed by atoms with Gasteiger partial charge in [0.25, 0.3) is 0 Å². The molecule has 1 saturated heterocycles. The number of carbonyl (C=O) groups excluding carboxylic acids is 2. The predicted molar refractivity (Wildman–Crippen MR) is 74.6 cm³/mol. The van der Waals surface area contributed by atoms with Crippen molar-refractivity contribution in [3.05, 3.63) is 29.8 Å². The Labute approximate surface area is 122 Å². The van der Waals surface area contributed by atoms with E-state index in [2.05, 4.69) is 12.2 Å². The predicted octanol–water partition coefficient (Wildman–Crippen LogP) is 2.55. The Balaban J connectivity index is 1.91. The molecule has 1 aromatic carbocycles. The van der Waals surface area contributed by atoms with E-state index in [1.54, 1.807) is 4.90 Å². The molecule has 2 rings (SSSR count). The van der Waals surface area contributed by atoms with Gasteiger partial charge >= 0.3 is 0 Å². The quantitative estimate of drug-likeness (QED) is 0.871. The summed E-state index contributed by atoms with van der Waals surface area (Å²) in [6.45, 7) is 3.37. The Morgan fingerprint density at radius 1 is 1.24 bits per heavy atom. The molecule has 0 radical (unpaired) electrons. The molecule has 1 aromatic rings. The minimum Gasteiger partial charge on any atom is -0.342 e. The van der Waals surface area contributed by atoms with Crippen molar-refractivity contribution in [1.29, 1.82) is 0 Å². The summed E-state index contributed by atoms with van der Waals surface area (Å²) in [7, 11) is 0. The first kappa shape index (κ1) is 15.4. The molecule has 0 aromatic heterocycles. The lowest BCUT2D eigenvalue weighted by Gasteiger charge is -2.30. The van der Waals surface area contributed by atoms with Gasteiger partial charge in [0.15, 0.2) is 0 Å². The van der Waals surface area contributed by atoms with E-state index in [0.29, 0.717) is 19.0 Å². The van der Waals surface area contributed by atoms with Crippen LogP contribution < -0.4 is 5.32 Å². The topological polar surface area (TPSA) is 49.4 Å². The molecule has 114 valence electrons. The largest absolute Gasteiger partial charge is 0.342 e. The second-order valence-electron chi connectivity index (χ2n) is 5.38. The number of benzene rings is 1. The Bertz CT molecular complexity index is 520. The van der Waals surface area contributed by atoms with Crippen molar-refractivity contribution in [3.63, 3.8) is 0 Å². The summed E-state index contributed by atoms with van der Waals surface area (Å²) < 4.78 is 26.8. The number of hydrogen-bond donors (Lipinski definition) is 1. The van der Waals surface area contributed by atoms with Crippen LogP contribution in [0.3, 0.4) is 0 Å². The number of rotatable bonds is 3. The summed E-state index contributed by atoms with van der Waals surface area (Å²) in [5.41, 5.74) is -0.512. The van der Waals surface area contributed by atoms with Crippen molar-refractivity contribution in [2.45, 2.75) is 26.2 Å². The lowest BCUT2D eigenvalue weighted by molar-refractivity contribution is -0.135. The van der Waals surface area contributed by atoms with Crippen LogP contribution in [0.2, 0.25) is 0 Å². The Kier molecular flexibility index (Phi) is 4.88. The SMILES string of the molecule is CC1CCN(C(=O)CC(=O)Nc2c(F)cccc2F)CC1. The van der Waals surface area contributed by atoms with Crippen LogP contribution in [-0.4, -0.2) is 29.8 Å². The number of amides is 2. The number of piperidine rings is 1. The molecule has 1 N–H and O–H groups in total. The van der Waals surface area contributed by atoms with E-state index in [1.165, 1.54) is 6.07 Å². The highest BCUT2D eigenvalue weighted by atomic mass is 19.1. The lowest BCUT2D eigenvalue weighted by atomic mass is 9.99. The maximum Gasteiger partial charge on any atom is 0.233 e. The van der Waals surface area contributed by atoms with Crippen LogP contribution in [0.1, 0.15) is 26.2 Å². The van der Waals surface area contributed by atoms with Crippen molar-refractivity contribution in [3.8, 4) is 0 Å². The standard InChI is InChI=1S/C15H18F2N2O2/c1-10-5-7-19(8-6-10)14(21)9-13(20)18-15-11(16)3-2-4-12(15)17/h2-4,10H,5-9H2,1H3,(H,18,20). The zero-order valence-corrected chi connectivity index (χ0v) is 11.9. The maximum atomic E-state index is 13.4. The molecule has 0 spiro atoms. The van der Waals surface area contributed by atoms with E-state index in [-0.39, 0.29) is 5.91 Å². The summed E-state index contributed by atoms with van der Waals surface area (Å²) in [6, 6.07) is 3.31. The number of likely N-dealkylation sites (tertiary alicyclic amines) is 1. The molecule has 0 unspecified atom stereocenters. The Hall–Kier alpha value is -1.98. The fourth-order valence-electron chi connectivity index (χ4n) is 2.31. The highest BCUT2D eigenvalue weighted by Gasteiger charge is 2.22. The number of anilines is 1. The van der Waals surface area contributed by atoms with Crippen LogP contribution in [0.5, 0.6) is 0 Å². The van der Waals surface area contributed by atoms with Gasteiger partial charge in [-0.3, -0.25) is 9.59 Å². The highest BCUT2D eigenvalue weighted by Crippen LogP contribution is 2.19. The van der Waals surface area contributed by atoms with Crippen LogP contribution >= 0.6 is 0 Å².